The van der Waals surface area contributed by atoms with Crippen molar-refractivity contribution in [3.05, 3.63) is 52.6 Å². The van der Waals surface area contributed by atoms with Crippen LogP contribution in [-0.2, 0) is 11.8 Å². The van der Waals surface area contributed by atoms with Crippen molar-refractivity contribution in [3.63, 3.8) is 0 Å². The number of aromatic nitrogens is 3. The summed E-state index contributed by atoms with van der Waals surface area (Å²) in [6.45, 7) is 5.90. The van der Waals surface area contributed by atoms with E-state index >= 15 is 0 Å². The average Bonchev–Trinajstić information content (AvgIpc) is 2.98. The van der Waals surface area contributed by atoms with Crippen LogP contribution in [0.4, 0.5) is 5.69 Å². The van der Waals surface area contributed by atoms with Crippen LogP contribution in [0.3, 0.4) is 0 Å². The average molecular weight is 365 g/mol. The molecule has 0 aliphatic carbocycles. The quantitative estimate of drug-likeness (QED) is 0.771. The highest BCUT2D eigenvalue weighted by molar-refractivity contribution is 6.01. The lowest BCUT2D eigenvalue weighted by Crippen LogP contribution is -2.35. The third-order valence-electron chi connectivity index (χ3n) is 4.53. The van der Waals surface area contributed by atoms with Gasteiger partial charge in [0.15, 0.2) is 0 Å². The van der Waals surface area contributed by atoms with Crippen LogP contribution in [0, 0.1) is 20.8 Å². The van der Waals surface area contributed by atoms with Crippen LogP contribution >= 0.6 is 0 Å². The second-order valence-electron chi connectivity index (χ2n) is 6.90. The summed E-state index contributed by atoms with van der Waals surface area (Å²) in [5.41, 5.74) is 5.92. The minimum Gasteiger partial charge on any atom is -0.332 e. The first kappa shape index (κ1) is 18.6. The van der Waals surface area contributed by atoms with E-state index in [0.717, 1.165) is 27.9 Å². The SMILES string of the molecule is Cc1cc(C)c(NC(=O)CN(C)C(=O)c2ccc3c(c2)nnn3C)c(C)c1. The fourth-order valence-corrected chi connectivity index (χ4v) is 3.24. The molecule has 1 aromatic heterocycles. The maximum Gasteiger partial charge on any atom is 0.254 e. The first-order chi connectivity index (χ1) is 12.8. The van der Waals surface area contributed by atoms with Crippen LogP contribution in [0.25, 0.3) is 11.0 Å². The van der Waals surface area contributed by atoms with Crippen molar-refractivity contribution in [1.82, 2.24) is 19.9 Å². The Morgan fingerprint density at radius 2 is 1.78 bits per heavy atom. The Kier molecular flexibility index (Phi) is 4.94. The molecule has 27 heavy (non-hydrogen) atoms. The van der Waals surface area contributed by atoms with Gasteiger partial charge in [0.1, 0.15) is 5.52 Å². The molecule has 0 saturated carbocycles. The Balaban J connectivity index is 1.71. The summed E-state index contributed by atoms with van der Waals surface area (Å²) in [6.07, 6.45) is 0. The van der Waals surface area contributed by atoms with E-state index < -0.39 is 0 Å². The Morgan fingerprint density at radius 3 is 2.44 bits per heavy atom. The predicted octanol–water partition coefficient (Wildman–Crippen LogP) is 2.60. The second kappa shape index (κ2) is 7.19. The summed E-state index contributed by atoms with van der Waals surface area (Å²) in [5, 5.41) is 10.9. The number of hydrogen-bond donors (Lipinski definition) is 1. The van der Waals surface area contributed by atoms with Crippen LogP contribution in [0.5, 0.6) is 0 Å². The van der Waals surface area contributed by atoms with Gasteiger partial charge in [-0.3, -0.25) is 9.59 Å². The molecule has 1 N–H and O–H groups in total. The zero-order valence-corrected chi connectivity index (χ0v) is 16.2. The lowest BCUT2D eigenvalue weighted by atomic mass is 10.1. The highest BCUT2D eigenvalue weighted by Gasteiger charge is 2.17. The number of benzene rings is 2. The molecular weight excluding hydrogens is 342 g/mol. The van der Waals surface area contributed by atoms with E-state index in [0.29, 0.717) is 11.1 Å². The molecule has 0 bridgehead atoms. The van der Waals surface area contributed by atoms with E-state index in [1.165, 1.54) is 4.90 Å². The summed E-state index contributed by atoms with van der Waals surface area (Å²) < 4.78 is 1.65. The van der Waals surface area contributed by atoms with Crippen LogP contribution in [0.1, 0.15) is 27.0 Å². The third-order valence-corrected chi connectivity index (χ3v) is 4.53. The van der Waals surface area contributed by atoms with E-state index in [1.54, 1.807) is 37.0 Å². The first-order valence-electron chi connectivity index (χ1n) is 8.69. The van der Waals surface area contributed by atoms with Crippen molar-refractivity contribution >= 4 is 28.5 Å². The first-order valence-corrected chi connectivity index (χ1v) is 8.69. The highest BCUT2D eigenvalue weighted by atomic mass is 16.2. The van der Waals surface area contributed by atoms with E-state index in [9.17, 15) is 9.59 Å². The minimum absolute atomic E-state index is 0.0376. The summed E-state index contributed by atoms with van der Waals surface area (Å²) in [5.74, 6) is -0.475. The van der Waals surface area contributed by atoms with E-state index in [2.05, 4.69) is 15.6 Å². The molecule has 0 unspecified atom stereocenters. The maximum absolute atomic E-state index is 12.7. The molecule has 140 valence electrons. The summed E-state index contributed by atoms with van der Waals surface area (Å²) >= 11 is 0. The molecule has 0 radical (unpaired) electrons. The molecular formula is C20H23N5O2. The summed E-state index contributed by atoms with van der Waals surface area (Å²) in [4.78, 5) is 26.5. The van der Waals surface area contributed by atoms with Gasteiger partial charge in [0.2, 0.25) is 5.91 Å². The molecule has 0 saturated heterocycles. The van der Waals surface area contributed by atoms with Crippen LogP contribution < -0.4 is 5.32 Å². The number of nitrogens with zero attached hydrogens (tertiary/aromatic N) is 4. The van der Waals surface area contributed by atoms with Gasteiger partial charge >= 0.3 is 0 Å². The predicted molar refractivity (Wildman–Crippen MR) is 105 cm³/mol. The smallest absolute Gasteiger partial charge is 0.254 e. The van der Waals surface area contributed by atoms with Gasteiger partial charge in [0.05, 0.1) is 12.1 Å². The van der Waals surface area contributed by atoms with Gasteiger partial charge in [-0.15, -0.1) is 5.10 Å². The lowest BCUT2D eigenvalue weighted by Gasteiger charge is -2.18. The molecule has 0 spiro atoms. The van der Waals surface area contributed by atoms with Gasteiger partial charge in [-0.25, -0.2) is 4.68 Å². The number of carbonyl (C=O) groups is 2. The van der Waals surface area contributed by atoms with Crippen molar-refractivity contribution in [2.45, 2.75) is 20.8 Å². The van der Waals surface area contributed by atoms with Gasteiger partial charge in [0, 0.05) is 25.3 Å². The molecule has 7 nitrogen and oxygen atoms in total. The third kappa shape index (κ3) is 3.81. The van der Waals surface area contributed by atoms with Crippen molar-refractivity contribution in [3.8, 4) is 0 Å². The van der Waals surface area contributed by atoms with E-state index in [1.807, 2.05) is 32.9 Å². The number of carbonyl (C=O) groups excluding carboxylic acids is 2. The molecule has 7 heteroatoms. The zero-order chi connectivity index (χ0) is 19.7. The van der Waals surface area contributed by atoms with Crippen molar-refractivity contribution in [2.75, 3.05) is 18.9 Å². The molecule has 0 fully saturated rings. The van der Waals surface area contributed by atoms with Gasteiger partial charge < -0.3 is 10.2 Å². The largest absolute Gasteiger partial charge is 0.332 e. The van der Waals surface area contributed by atoms with Crippen molar-refractivity contribution in [2.24, 2.45) is 7.05 Å². The fraction of sp³-hybridized carbons (Fsp3) is 0.300. The van der Waals surface area contributed by atoms with Gasteiger partial charge in [0.25, 0.3) is 5.91 Å². The number of likely N-dealkylation sites (N-methyl/N-ethyl adjacent to an activating group) is 1. The molecule has 3 rings (SSSR count). The molecule has 2 amide bonds. The molecule has 1 heterocycles. The van der Waals surface area contributed by atoms with E-state index in [4.69, 9.17) is 0 Å². The summed E-state index contributed by atoms with van der Waals surface area (Å²) in [6, 6.07) is 9.25. The standard InChI is InChI=1S/C20H23N5O2/c1-12-8-13(2)19(14(3)9-12)21-18(26)11-24(4)20(27)15-6-7-17-16(10-15)22-23-25(17)5/h6-10H,11H2,1-5H3,(H,21,26). The maximum atomic E-state index is 12.7. The Bertz CT molecular complexity index is 1020. The highest BCUT2D eigenvalue weighted by Crippen LogP contribution is 2.22. The topological polar surface area (TPSA) is 80.1 Å². The molecule has 2 aromatic carbocycles. The van der Waals surface area contributed by atoms with Gasteiger partial charge in [-0.2, -0.15) is 0 Å². The number of anilines is 1. The Labute approximate surface area is 158 Å². The Hall–Kier alpha value is -3.22. The molecule has 0 aliphatic rings. The number of rotatable bonds is 4. The zero-order valence-electron chi connectivity index (χ0n) is 16.2. The van der Waals surface area contributed by atoms with Crippen molar-refractivity contribution in [1.29, 1.82) is 0 Å². The Morgan fingerprint density at radius 1 is 1.11 bits per heavy atom. The van der Waals surface area contributed by atoms with Crippen molar-refractivity contribution < 1.29 is 9.59 Å². The van der Waals surface area contributed by atoms with Crippen LogP contribution in [-0.4, -0.2) is 45.3 Å². The fourth-order valence-electron chi connectivity index (χ4n) is 3.24. The second-order valence-corrected chi connectivity index (χ2v) is 6.90. The number of aryl methyl sites for hydroxylation is 4. The minimum atomic E-state index is -0.241. The monoisotopic (exact) mass is 365 g/mol. The lowest BCUT2D eigenvalue weighted by molar-refractivity contribution is -0.116. The van der Waals surface area contributed by atoms with Crippen LogP contribution in [0.2, 0.25) is 0 Å². The number of amides is 2. The van der Waals surface area contributed by atoms with E-state index in [-0.39, 0.29) is 18.4 Å². The molecule has 0 atom stereocenters. The summed E-state index contributed by atoms with van der Waals surface area (Å²) in [7, 11) is 3.40. The number of nitrogens with one attached hydrogen (secondary N) is 1. The van der Waals surface area contributed by atoms with Gasteiger partial charge in [-0.1, -0.05) is 22.9 Å². The molecule has 0 aliphatic heterocycles. The number of hydrogen-bond acceptors (Lipinski definition) is 4. The normalized spacial score (nSPS) is 10.9. The number of fused-ring (bicyclic) bond motifs is 1. The molecule has 3 aromatic rings. The van der Waals surface area contributed by atoms with Gasteiger partial charge in [-0.05, 0) is 50.1 Å². The van der Waals surface area contributed by atoms with Crippen LogP contribution in [0.15, 0.2) is 30.3 Å².